The predicted octanol–water partition coefficient (Wildman–Crippen LogP) is 0.584. The van der Waals surface area contributed by atoms with Crippen LogP contribution in [0.5, 0.6) is 0 Å². The van der Waals surface area contributed by atoms with Crippen molar-refractivity contribution in [1.82, 2.24) is 5.32 Å². The van der Waals surface area contributed by atoms with Crippen molar-refractivity contribution >= 4 is 15.8 Å². The molecule has 0 aliphatic carbocycles. The van der Waals surface area contributed by atoms with Gasteiger partial charge in [0.25, 0.3) is 0 Å². The Balaban J connectivity index is 2.36. The lowest BCUT2D eigenvalue weighted by Crippen LogP contribution is -2.42. The maximum Gasteiger partial charge on any atom is 0.322 e. The van der Waals surface area contributed by atoms with Crippen LogP contribution in [0.2, 0.25) is 0 Å². The van der Waals surface area contributed by atoms with Crippen molar-refractivity contribution < 1.29 is 18.3 Å². The summed E-state index contributed by atoms with van der Waals surface area (Å²) in [6.45, 7) is 2.28. The molecule has 1 heterocycles. The Morgan fingerprint density at radius 3 is 2.50 bits per heavy atom. The standard InChI is InChI=1S/C12H15NO4S/c1-8-2-4-9(5-3-8)18(16,17)10-6-7-13-11(10)12(14)15/h2-5,10-11,13H,6-7H2,1H3,(H,14,15). The molecular formula is C12H15NO4S. The Labute approximate surface area is 106 Å². The van der Waals surface area contributed by atoms with Gasteiger partial charge in [0.05, 0.1) is 10.1 Å². The van der Waals surface area contributed by atoms with Gasteiger partial charge in [0, 0.05) is 0 Å². The molecule has 18 heavy (non-hydrogen) atoms. The highest BCUT2D eigenvalue weighted by Gasteiger charge is 2.42. The first-order chi connectivity index (χ1) is 8.43. The number of benzene rings is 1. The van der Waals surface area contributed by atoms with Gasteiger partial charge in [-0.25, -0.2) is 8.42 Å². The molecule has 0 bridgehead atoms. The van der Waals surface area contributed by atoms with Crippen LogP contribution in [-0.2, 0) is 14.6 Å². The summed E-state index contributed by atoms with van der Waals surface area (Å²) in [5.74, 6) is -1.12. The normalized spacial score (nSPS) is 24.1. The van der Waals surface area contributed by atoms with E-state index in [1.54, 1.807) is 12.1 Å². The molecule has 2 N–H and O–H groups in total. The van der Waals surface area contributed by atoms with Gasteiger partial charge >= 0.3 is 5.97 Å². The van der Waals surface area contributed by atoms with Crippen molar-refractivity contribution in [1.29, 1.82) is 0 Å². The highest BCUT2D eigenvalue weighted by atomic mass is 32.2. The first kappa shape index (κ1) is 13.0. The van der Waals surface area contributed by atoms with Gasteiger partial charge in [-0.05, 0) is 32.0 Å². The summed E-state index contributed by atoms with van der Waals surface area (Å²) in [6.07, 6.45) is 0.327. The zero-order chi connectivity index (χ0) is 13.3. The van der Waals surface area contributed by atoms with E-state index in [9.17, 15) is 13.2 Å². The number of carboxylic acid groups (broad SMARTS) is 1. The minimum absolute atomic E-state index is 0.188. The third-order valence-corrected chi connectivity index (χ3v) is 5.41. The van der Waals surface area contributed by atoms with Crippen molar-refractivity contribution in [2.45, 2.75) is 29.5 Å². The van der Waals surface area contributed by atoms with Crippen molar-refractivity contribution in [2.75, 3.05) is 6.54 Å². The van der Waals surface area contributed by atoms with Crippen LogP contribution in [0.1, 0.15) is 12.0 Å². The van der Waals surface area contributed by atoms with E-state index >= 15 is 0 Å². The number of sulfone groups is 1. The number of nitrogens with one attached hydrogen (secondary N) is 1. The Morgan fingerprint density at radius 1 is 1.33 bits per heavy atom. The quantitative estimate of drug-likeness (QED) is 0.839. The van der Waals surface area contributed by atoms with Crippen LogP contribution in [0.4, 0.5) is 0 Å². The average Bonchev–Trinajstić information content (AvgIpc) is 2.79. The van der Waals surface area contributed by atoms with E-state index in [-0.39, 0.29) is 4.90 Å². The minimum Gasteiger partial charge on any atom is -0.480 e. The number of hydrogen-bond donors (Lipinski definition) is 2. The Hall–Kier alpha value is -1.40. The van der Waals surface area contributed by atoms with Crippen molar-refractivity contribution in [3.63, 3.8) is 0 Å². The van der Waals surface area contributed by atoms with Gasteiger partial charge in [0.15, 0.2) is 9.84 Å². The predicted molar refractivity (Wildman–Crippen MR) is 66.2 cm³/mol. The van der Waals surface area contributed by atoms with E-state index in [2.05, 4.69) is 5.32 Å². The van der Waals surface area contributed by atoms with Crippen molar-refractivity contribution in [3.8, 4) is 0 Å². The van der Waals surface area contributed by atoms with E-state index in [1.165, 1.54) is 12.1 Å². The fourth-order valence-corrected chi connectivity index (χ4v) is 4.03. The molecule has 0 radical (unpaired) electrons. The van der Waals surface area contributed by atoms with Gasteiger partial charge in [-0.1, -0.05) is 17.7 Å². The van der Waals surface area contributed by atoms with Crippen LogP contribution in [-0.4, -0.2) is 37.3 Å². The zero-order valence-electron chi connectivity index (χ0n) is 9.96. The van der Waals surface area contributed by atoms with E-state index in [4.69, 9.17) is 5.11 Å². The van der Waals surface area contributed by atoms with Gasteiger partial charge < -0.3 is 10.4 Å². The molecule has 1 fully saturated rings. The Morgan fingerprint density at radius 2 is 1.94 bits per heavy atom. The van der Waals surface area contributed by atoms with Crippen LogP contribution in [0.15, 0.2) is 29.2 Å². The highest BCUT2D eigenvalue weighted by molar-refractivity contribution is 7.92. The molecule has 0 aromatic heterocycles. The molecule has 2 atom stereocenters. The van der Waals surface area contributed by atoms with Gasteiger partial charge in [0.2, 0.25) is 0 Å². The maximum absolute atomic E-state index is 12.4. The molecule has 5 nitrogen and oxygen atoms in total. The molecule has 1 saturated heterocycles. The molecule has 98 valence electrons. The summed E-state index contributed by atoms with van der Waals surface area (Å²) in [7, 11) is -3.59. The molecule has 1 aromatic rings. The molecule has 0 spiro atoms. The maximum atomic E-state index is 12.4. The molecule has 0 amide bonds. The molecule has 6 heteroatoms. The number of hydrogen-bond acceptors (Lipinski definition) is 4. The minimum atomic E-state index is -3.59. The second kappa shape index (κ2) is 4.70. The average molecular weight is 269 g/mol. The van der Waals surface area contributed by atoms with Crippen LogP contribution >= 0.6 is 0 Å². The fraction of sp³-hybridized carbons (Fsp3) is 0.417. The Kier molecular flexibility index (Phi) is 3.41. The molecule has 2 rings (SSSR count). The van der Waals surface area contributed by atoms with Crippen LogP contribution < -0.4 is 5.32 Å². The summed E-state index contributed by atoms with van der Waals surface area (Å²) < 4.78 is 24.7. The smallest absolute Gasteiger partial charge is 0.322 e. The largest absolute Gasteiger partial charge is 0.480 e. The number of aliphatic carboxylic acids is 1. The first-order valence-corrected chi connectivity index (χ1v) is 7.24. The summed E-state index contributed by atoms with van der Waals surface area (Å²) in [6, 6.07) is 5.47. The van der Waals surface area contributed by atoms with Crippen molar-refractivity contribution in [2.24, 2.45) is 0 Å². The lowest BCUT2D eigenvalue weighted by molar-refractivity contribution is -0.138. The second-order valence-corrected chi connectivity index (χ2v) is 6.62. The van der Waals surface area contributed by atoms with Crippen LogP contribution in [0.25, 0.3) is 0 Å². The van der Waals surface area contributed by atoms with Gasteiger partial charge in [-0.2, -0.15) is 0 Å². The fourth-order valence-electron chi connectivity index (χ4n) is 2.16. The summed E-state index contributed by atoms with van der Waals surface area (Å²) in [5, 5.41) is 10.8. The van der Waals surface area contributed by atoms with E-state index in [0.717, 1.165) is 5.56 Å². The molecule has 1 aromatic carbocycles. The number of rotatable bonds is 3. The van der Waals surface area contributed by atoms with E-state index < -0.39 is 27.1 Å². The third kappa shape index (κ3) is 2.26. The van der Waals surface area contributed by atoms with Gasteiger partial charge in [-0.3, -0.25) is 4.79 Å². The summed E-state index contributed by atoms with van der Waals surface area (Å²) in [4.78, 5) is 11.2. The van der Waals surface area contributed by atoms with Gasteiger partial charge in [0.1, 0.15) is 6.04 Å². The Bertz CT molecular complexity index is 550. The van der Waals surface area contributed by atoms with E-state index in [0.29, 0.717) is 13.0 Å². The molecule has 1 aliphatic rings. The molecule has 0 saturated carbocycles. The van der Waals surface area contributed by atoms with Crippen molar-refractivity contribution in [3.05, 3.63) is 29.8 Å². The molecule has 1 aliphatic heterocycles. The van der Waals surface area contributed by atoms with Crippen LogP contribution in [0, 0.1) is 6.92 Å². The van der Waals surface area contributed by atoms with Crippen LogP contribution in [0.3, 0.4) is 0 Å². The summed E-state index contributed by atoms with van der Waals surface area (Å²) in [5.41, 5.74) is 0.966. The van der Waals surface area contributed by atoms with Gasteiger partial charge in [-0.15, -0.1) is 0 Å². The lowest BCUT2D eigenvalue weighted by atomic mass is 10.2. The first-order valence-electron chi connectivity index (χ1n) is 5.69. The topological polar surface area (TPSA) is 83.5 Å². The number of carboxylic acids is 1. The molecular weight excluding hydrogens is 254 g/mol. The number of aryl methyl sites for hydroxylation is 1. The van der Waals surface area contributed by atoms with E-state index in [1.807, 2.05) is 6.92 Å². The number of carbonyl (C=O) groups is 1. The zero-order valence-corrected chi connectivity index (χ0v) is 10.8. The monoisotopic (exact) mass is 269 g/mol. The third-order valence-electron chi connectivity index (χ3n) is 3.18. The second-order valence-electron chi connectivity index (χ2n) is 4.46. The SMILES string of the molecule is Cc1ccc(S(=O)(=O)C2CCNC2C(=O)O)cc1. The molecule has 2 unspecified atom stereocenters. The lowest BCUT2D eigenvalue weighted by Gasteiger charge is -2.16. The summed E-state index contributed by atoms with van der Waals surface area (Å²) >= 11 is 0. The highest BCUT2D eigenvalue weighted by Crippen LogP contribution is 2.24.